The molecule has 1 aliphatic rings. The number of carbonyl (C=O) groups is 2. The molecule has 1 N–H and O–H groups in total. The van der Waals surface area contributed by atoms with E-state index in [0.29, 0.717) is 25.4 Å². The average molecular weight is 439 g/mol. The van der Waals surface area contributed by atoms with Gasteiger partial charge in [-0.3, -0.25) is 4.90 Å². The first kappa shape index (κ1) is 23.6. The second kappa shape index (κ2) is 8.49. The predicted octanol–water partition coefficient (Wildman–Crippen LogP) is 5.29. The van der Waals surface area contributed by atoms with Crippen molar-refractivity contribution in [2.75, 3.05) is 18.0 Å². The minimum absolute atomic E-state index is 0.00356. The molecule has 1 fully saturated rings. The van der Waals surface area contributed by atoms with E-state index in [2.05, 4.69) is 32.9 Å². The van der Waals surface area contributed by atoms with Gasteiger partial charge in [-0.25, -0.2) is 9.59 Å². The van der Waals surface area contributed by atoms with Crippen LogP contribution in [-0.2, 0) is 16.8 Å². The highest BCUT2D eigenvalue weighted by Crippen LogP contribution is 2.31. The fraction of sp³-hybridized carbons (Fsp3) is 0.462. The summed E-state index contributed by atoms with van der Waals surface area (Å²) >= 11 is 0. The zero-order valence-electron chi connectivity index (χ0n) is 20.2. The minimum atomic E-state index is -1.31. The first-order valence-electron chi connectivity index (χ1n) is 11.0. The molecule has 6 heteroatoms. The third-order valence-electron chi connectivity index (χ3n) is 5.91. The van der Waals surface area contributed by atoms with Crippen LogP contribution in [0, 0.1) is 13.8 Å². The number of amides is 2. The molecule has 1 heterocycles. The van der Waals surface area contributed by atoms with Gasteiger partial charge in [-0.15, -0.1) is 0 Å². The van der Waals surface area contributed by atoms with Gasteiger partial charge in [-0.05, 0) is 67.5 Å². The first-order chi connectivity index (χ1) is 14.8. The zero-order valence-corrected chi connectivity index (χ0v) is 20.2. The van der Waals surface area contributed by atoms with Crippen LogP contribution in [0.3, 0.4) is 0 Å². The highest BCUT2D eigenvalue weighted by molar-refractivity contribution is 5.94. The molecule has 172 valence electrons. The number of aryl methyl sites for hydroxylation is 2. The Hall–Kier alpha value is -3.02. The predicted molar refractivity (Wildman–Crippen MR) is 127 cm³/mol. The summed E-state index contributed by atoms with van der Waals surface area (Å²) in [5.41, 5.74) is 3.63. The lowest BCUT2D eigenvalue weighted by atomic mass is 9.87. The van der Waals surface area contributed by atoms with Crippen molar-refractivity contribution in [1.82, 2.24) is 4.90 Å². The van der Waals surface area contributed by atoms with Gasteiger partial charge in [-0.1, -0.05) is 45.0 Å². The Morgan fingerprint density at radius 1 is 1.00 bits per heavy atom. The molecular formula is C26H34N2O4. The Balaban J connectivity index is 1.73. The molecule has 0 atom stereocenters. The van der Waals surface area contributed by atoms with Crippen molar-refractivity contribution in [3.63, 3.8) is 0 Å². The van der Waals surface area contributed by atoms with Crippen molar-refractivity contribution in [1.29, 1.82) is 0 Å². The lowest BCUT2D eigenvalue weighted by Crippen LogP contribution is -2.38. The van der Waals surface area contributed by atoms with E-state index in [1.54, 1.807) is 0 Å². The summed E-state index contributed by atoms with van der Waals surface area (Å²) in [5.74, 6) is -0.437. The molecule has 0 aromatic heterocycles. The number of aliphatic carboxylic acids is 1. The molecule has 1 saturated heterocycles. The SMILES string of the molecule is Cc1cc(CN2CCN(c3ccc(C(C)(C)C)cc3)C2=O)cc(C)c1OC(C)(C)C(=O)O. The van der Waals surface area contributed by atoms with Gasteiger partial charge in [0, 0.05) is 25.3 Å². The van der Waals surface area contributed by atoms with Crippen molar-refractivity contribution in [2.24, 2.45) is 0 Å². The molecular weight excluding hydrogens is 404 g/mol. The summed E-state index contributed by atoms with van der Waals surface area (Å²) in [5, 5.41) is 9.36. The van der Waals surface area contributed by atoms with E-state index in [4.69, 9.17) is 4.74 Å². The van der Waals surface area contributed by atoms with Crippen molar-refractivity contribution in [3.05, 3.63) is 58.7 Å². The van der Waals surface area contributed by atoms with Crippen molar-refractivity contribution in [3.8, 4) is 5.75 Å². The largest absolute Gasteiger partial charge is 0.478 e. The van der Waals surface area contributed by atoms with Gasteiger partial charge in [0.15, 0.2) is 5.60 Å². The molecule has 0 aliphatic carbocycles. The van der Waals surface area contributed by atoms with Crippen LogP contribution in [0.2, 0.25) is 0 Å². The van der Waals surface area contributed by atoms with Crippen molar-refractivity contribution in [2.45, 2.75) is 66.0 Å². The summed E-state index contributed by atoms with van der Waals surface area (Å²) in [7, 11) is 0. The number of carbonyl (C=O) groups excluding carboxylic acids is 1. The van der Waals surface area contributed by atoms with Gasteiger partial charge in [0.1, 0.15) is 5.75 Å². The molecule has 3 rings (SSSR count). The van der Waals surface area contributed by atoms with Gasteiger partial charge in [0.25, 0.3) is 0 Å². The standard InChI is InChI=1S/C26H34N2O4/c1-17-14-19(15-18(2)22(17)32-26(6,7)23(29)30)16-27-12-13-28(24(27)31)21-10-8-20(9-11-21)25(3,4)5/h8-11,14-15H,12-13,16H2,1-7H3,(H,29,30). The molecule has 6 nitrogen and oxygen atoms in total. The molecule has 1 aliphatic heterocycles. The van der Waals surface area contributed by atoms with E-state index in [9.17, 15) is 14.7 Å². The van der Waals surface area contributed by atoms with Crippen LogP contribution in [-0.4, -0.2) is 40.7 Å². The molecule has 0 saturated carbocycles. The van der Waals surface area contributed by atoms with Crippen LogP contribution in [0.5, 0.6) is 5.75 Å². The van der Waals surface area contributed by atoms with E-state index in [1.165, 1.54) is 19.4 Å². The van der Waals surface area contributed by atoms with Gasteiger partial charge in [-0.2, -0.15) is 0 Å². The Morgan fingerprint density at radius 2 is 1.56 bits per heavy atom. The number of nitrogens with zero attached hydrogens (tertiary/aromatic N) is 2. The van der Waals surface area contributed by atoms with Crippen LogP contribution in [0.1, 0.15) is 56.9 Å². The van der Waals surface area contributed by atoms with Crippen molar-refractivity contribution < 1.29 is 19.4 Å². The van der Waals surface area contributed by atoms with Gasteiger partial charge in [0.2, 0.25) is 0 Å². The van der Waals surface area contributed by atoms with Gasteiger partial charge in [0.05, 0.1) is 0 Å². The maximum atomic E-state index is 13.1. The number of hydrogen-bond donors (Lipinski definition) is 1. The maximum Gasteiger partial charge on any atom is 0.347 e. The number of ether oxygens (including phenoxy) is 1. The van der Waals surface area contributed by atoms with E-state index >= 15 is 0 Å². The van der Waals surface area contributed by atoms with Crippen LogP contribution < -0.4 is 9.64 Å². The second-order valence-corrected chi connectivity index (χ2v) is 10.1. The molecule has 2 aromatic carbocycles. The summed E-state index contributed by atoms with van der Waals surface area (Å²) in [6, 6.07) is 12.2. The smallest absolute Gasteiger partial charge is 0.347 e. The van der Waals surface area contributed by atoms with E-state index in [-0.39, 0.29) is 11.4 Å². The van der Waals surface area contributed by atoms with Crippen molar-refractivity contribution >= 4 is 17.7 Å². The highest BCUT2D eigenvalue weighted by Gasteiger charge is 2.32. The Kier molecular flexibility index (Phi) is 6.27. The highest BCUT2D eigenvalue weighted by atomic mass is 16.5. The van der Waals surface area contributed by atoms with E-state index < -0.39 is 11.6 Å². The normalized spacial score (nSPS) is 14.8. The third-order valence-corrected chi connectivity index (χ3v) is 5.91. The average Bonchev–Trinajstić information content (AvgIpc) is 3.04. The fourth-order valence-corrected chi connectivity index (χ4v) is 3.92. The van der Waals surface area contributed by atoms with Crippen LogP contribution >= 0.6 is 0 Å². The molecule has 0 bridgehead atoms. The lowest BCUT2D eigenvalue weighted by molar-refractivity contribution is -0.152. The van der Waals surface area contributed by atoms with E-state index in [0.717, 1.165) is 22.4 Å². The summed E-state index contributed by atoms with van der Waals surface area (Å²) in [4.78, 5) is 28.1. The number of carboxylic acids is 1. The number of rotatable bonds is 6. The van der Waals surface area contributed by atoms with Gasteiger partial charge < -0.3 is 14.7 Å². The third kappa shape index (κ3) is 4.90. The van der Waals surface area contributed by atoms with Gasteiger partial charge >= 0.3 is 12.0 Å². The second-order valence-electron chi connectivity index (χ2n) is 10.1. The summed E-state index contributed by atoms with van der Waals surface area (Å²) in [6.45, 7) is 15.2. The molecule has 0 spiro atoms. The molecule has 0 radical (unpaired) electrons. The number of hydrogen-bond acceptors (Lipinski definition) is 3. The lowest BCUT2D eigenvalue weighted by Gasteiger charge is -2.25. The Labute approximate surface area is 190 Å². The fourth-order valence-electron chi connectivity index (χ4n) is 3.92. The zero-order chi connectivity index (χ0) is 23.8. The monoisotopic (exact) mass is 438 g/mol. The number of anilines is 1. The van der Waals surface area contributed by atoms with Crippen LogP contribution in [0.25, 0.3) is 0 Å². The summed E-state index contributed by atoms with van der Waals surface area (Å²) < 4.78 is 5.79. The first-order valence-corrected chi connectivity index (χ1v) is 11.0. The number of carboxylic acid groups (broad SMARTS) is 1. The molecule has 32 heavy (non-hydrogen) atoms. The number of urea groups is 1. The maximum absolute atomic E-state index is 13.1. The Morgan fingerprint density at radius 3 is 2.06 bits per heavy atom. The van der Waals surface area contributed by atoms with Crippen LogP contribution in [0.15, 0.2) is 36.4 Å². The van der Waals surface area contributed by atoms with E-state index in [1.807, 2.05) is 47.9 Å². The number of benzene rings is 2. The minimum Gasteiger partial charge on any atom is -0.478 e. The quantitative estimate of drug-likeness (QED) is 0.666. The Bertz CT molecular complexity index is 996. The topological polar surface area (TPSA) is 70.1 Å². The molecule has 2 amide bonds. The van der Waals surface area contributed by atoms with Crippen LogP contribution in [0.4, 0.5) is 10.5 Å². The molecule has 0 unspecified atom stereocenters. The molecule has 2 aromatic rings. The summed E-state index contributed by atoms with van der Waals surface area (Å²) in [6.07, 6.45) is 0.